The number of aryl methyl sites for hydroxylation is 1. The van der Waals surface area contributed by atoms with Crippen molar-refractivity contribution in [1.82, 2.24) is 20.2 Å². The molecule has 7 rings (SSSR count). The first-order valence-electron chi connectivity index (χ1n) is 18.7. The van der Waals surface area contributed by atoms with E-state index in [1.165, 1.54) is 12.8 Å². The summed E-state index contributed by atoms with van der Waals surface area (Å²) in [6.45, 7) is 18.2. The summed E-state index contributed by atoms with van der Waals surface area (Å²) < 4.78 is 8.07. The molecule has 47 heavy (non-hydrogen) atoms. The van der Waals surface area contributed by atoms with Gasteiger partial charge in [0.2, 0.25) is 0 Å². The first-order valence-corrected chi connectivity index (χ1v) is 18.7. The van der Waals surface area contributed by atoms with E-state index in [-0.39, 0.29) is 39.7 Å². The quantitative estimate of drug-likeness (QED) is 0.194. The van der Waals surface area contributed by atoms with Gasteiger partial charge in [-0.05, 0) is 119 Å². The van der Waals surface area contributed by atoms with Crippen molar-refractivity contribution in [2.75, 3.05) is 6.61 Å². The van der Waals surface area contributed by atoms with Crippen molar-refractivity contribution in [3.05, 3.63) is 42.0 Å². The van der Waals surface area contributed by atoms with Gasteiger partial charge in [0.25, 0.3) is 0 Å². The molecule has 1 N–H and O–H groups in total. The number of ether oxygens (including phenoxy) is 1. The van der Waals surface area contributed by atoms with Gasteiger partial charge >= 0.3 is 5.97 Å². The second kappa shape index (κ2) is 11.5. The fourth-order valence-corrected chi connectivity index (χ4v) is 12.5. The maximum absolute atomic E-state index is 14.4. The molecule has 7 heteroatoms. The molecule has 2 aromatic rings. The molecule has 7 nitrogen and oxygen atoms in total. The zero-order chi connectivity index (χ0) is 33.4. The molecule has 5 aliphatic rings. The lowest BCUT2D eigenvalue weighted by Gasteiger charge is -2.71. The number of carbonyl (C=O) groups is 1. The van der Waals surface area contributed by atoms with Crippen molar-refractivity contribution in [3.63, 3.8) is 0 Å². The molecule has 0 bridgehead atoms. The number of hydrogen-bond donors (Lipinski definition) is 1. The van der Waals surface area contributed by atoms with Crippen molar-refractivity contribution in [2.45, 2.75) is 125 Å². The summed E-state index contributed by atoms with van der Waals surface area (Å²) in [7, 11) is 0. The van der Waals surface area contributed by atoms with Crippen molar-refractivity contribution in [2.24, 2.45) is 56.7 Å². The second-order valence-electron chi connectivity index (χ2n) is 17.8. The Kier molecular flexibility index (Phi) is 8.09. The molecule has 4 saturated carbocycles. The number of nitrogens with zero attached hydrogens (tertiary/aromatic N) is 4. The zero-order valence-electron chi connectivity index (χ0n) is 30.0. The summed E-state index contributed by atoms with van der Waals surface area (Å²) in [5.74, 6) is 3.15. The first kappa shape index (κ1) is 33.0. The number of benzene rings is 1. The Morgan fingerprint density at radius 2 is 1.72 bits per heavy atom. The number of allylic oxidation sites excluding steroid dienone is 2. The van der Waals surface area contributed by atoms with E-state index in [1.807, 2.05) is 35.0 Å². The average Bonchev–Trinajstić information content (AvgIpc) is 3.52. The van der Waals surface area contributed by atoms with E-state index in [1.54, 1.807) is 5.57 Å². The lowest BCUT2D eigenvalue weighted by molar-refractivity contribution is -0.207. The SMILES string of the molecule is C[C@H]1[C@H](C)CC[C@]2(C(=O)OCCCn3nnnc3-c3ccccc3)CC[C@]3(C)C(=CC[C@@H]4[C@@]5(C)CC[C@H](O)C(C)(C)[C@@H]5CC[C@]43C)[C@H]12. The van der Waals surface area contributed by atoms with Crippen LogP contribution in [0.5, 0.6) is 0 Å². The van der Waals surface area contributed by atoms with Gasteiger partial charge in [-0.3, -0.25) is 4.79 Å². The highest BCUT2D eigenvalue weighted by Gasteiger charge is 2.69. The topological polar surface area (TPSA) is 90.1 Å². The van der Waals surface area contributed by atoms with E-state index in [9.17, 15) is 9.90 Å². The maximum atomic E-state index is 14.4. The van der Waals surface area contributed by atoms with Crippen LogP contribution < -0.4 is 0 Å². The van der Waals surface area contributed by atoms with Crippen molar-refractivity contribution >= 4 is 5.97 Å². The molecule has 0 radical (unpaired) electrons. The minimum atomic E-state index is -0.442. The monoisotopic (exact) mass is 642 g/mol. The molecule has 0 amide bonds. The largest absolute Gasteiger partial charge is 0.465 e. The van der Waals surface area contributed by atoms with Crippen LogP contribution in [0.4, 0.5) is 0 Å². The Labute approximate surface area is 282 Å². The Balaban J connectivity index is 1.13. The number of carbonyl (C=O) groups excluding carboxylic acids is 1. The first-order chi connectivity index (χ1) is 22.3. The summed E-state index contributed by atoms with van der Waals surface area (Å²) in [4.78, 5) is 14.4. The fourth-order valence-electron chi connectivity index (χ4n) is 12.5. The van der Waals surface area contributed by atoms with Gasteiger partial charge in [-0.1, -0.05) is 90.4 Å². The van der Waals surface area contributed by atoms with E-state index in [2.05, 4.69) is 70.1 Å². The van der Waals surface area contributed by atoms with Crippen molar-refractivity contribution in [1.29, 1.82) is 0 Å². The Morgan fingerprint density at radius 3 is 2.49 bits per heavy atom. The number of aromatic nitrogens is 4. The van der Waals surface area contributed by atoms with Gasteiger partial charge in [0.15, 0.2) is 5.82 Å². The maximum Gasteiger partial charge on any atom is 0.312 e. The average molecular weight is 643 g/mol. The number of hydrogen-bond acceptors (Lipinski definition) is 6. The molecule has 1 aromatic heterocycles. The van der Waals surface area contributed by atoms with E-state index >= 15 is 0 Å². The molecule has 4 fully saturated rings. The normalized spacial score (nSPS) is 42.3. The molecule has 0 saturated heterocycles. The van der Waals surface area contributed by atoms with Crippen LogP contribution in [0.2, 0.25) is 0 Å². The Morgan fingerprint density at radius 1 is 0.957 bits per heavy atom. The summed E-state index contributed by atoms with van der Waals surface area (Å²) >= 11 is 0. The highest BCUT2D eigenvalue weighted by Crippen LogP contribution is 2.75. The van der Waals surface area contributed by atoms with Gasteiger partial charge in [0, 0.05) is 18.5 Å². The predicted molar refractivity (Wildman–Crippen MR) is 184 cm³/mol. The van der Waals surface area contributed by atoms with Crippen LogP contribution in [0.15, 0.2) is 42.0 Å². The van der Waals surface area contributed by atoms with Crippen LogP contribution in [0.3, 0.4) is 0 Å². The van der Waals surface area contributed by atoms with Gasteiger partial charge in [0.05, 0.1) is 18.1 Å². The summed E-state index contributed by atoms with van der Waals surface area (Å²) in [6, 6.07) is 9.99. The Bertz CT molecular complexity index is 1520. The molecule has 1 heterocycles. The van der Waals surface area contributed by atoms with E-state index < -0.39 is 5.41 Å². The lowest BCUT2D eigenvalue weighted by Crippen LogP contribution is -2.65. The van der Waals surface area contributed by atoms with E-state index in [0.717, 1.165) is 56.3 Å². The van der Waals surface area contributed by atoms with Crippen LogP contribution in [0, 0.1) is 56.7 Å². The van der Waals surface area contributed by atoms with E-state index in [0.29, 0.717) is 43.2 Å². The fraction of sp³-hybridized carbons (Fsp3) is 0.750. The van der Waals surface area contributed by atoms with Gasteiger partial charge in [-0.15, -0.1) is 5.10 Å². The number of esters is 1. The second-order valence-corrected chi connectivity index (χ2v) is 17.8. The molecular weight excluding hydrogens is 584 g/mol. The number of rotatable bonds is 6. The standard InChI is InChI=1S/C40H58N4O3/c1-26-16-21-40(35(46)47-25-11-24-44-34(41-42-43-44)28-12-9-8-10-13-28)23-22-38(6)29(33(40)27(26)2)14-15-31-37(5)19-18-32(45)36(3,4)30(37)17-20-39(31,38)7/h8-10,12-14,26-27,30-33,45H,11,15-25H2,1-7H3/t26-,27+,30+,31-,32+,33+,37+,38-,39-,40+/m1/s1. The molecule has 10 atom stereocenters. The number of tetrazole rings is 1. The third-order valence-electron chi connectivity index (χ3n) is 15.7. The van der Waals surface area contributed by atoms with Crippen LogP contribution >= 0.6 is 0 Å². The van der Waals surface area contributed by atoms with Gasteiger partial charge in [-0.2, -0.15) is 0 Å². The molecule has 256 valence electrons. The molecule has 1 aromatic carbocycles. The number of aliphatic hydroxyl groups excluding tert-OH is 1. The minimum absolute atomic E-state index is 0.0233. The predicted octanol–water partition coefficient (Wildman–Crippen LogP) is 8.29. The Hall–Kier alpha value is -2.54. The molecule has 0 spiro atoms. The van der Waals surface area contributed by atoms with Crippen LogP contribution in [-0.2, 0) is 16.1 Å². The minimum Gasteiger partial charge on any atom is -0.465 e. The molecule has 5 aliphatic carbocycles. The summed E-state index contributed by atoms with van der Waals surface area (Å²) in [5.41, 5.74) is 2.54. The van der Waals surface area contributed by atoms with Crippen LogP contribution in [-0.4, -0.2) is 44.0 Å². The lowest BCUT2D eigenvalue weighted by atomic mass is 9.33. The van der Waals surface area contributed by atoms with Crippen molar-refractivity contribution < 1.29 is 14.6 Å². The van der Waals surface area contributed by atoms with Crippen molar-refractivity contribution in [3.8, 4) is 11.4 Å². The smallest absolute Gasteiger partial charge is 0.312 e. The van der Waals surface area contributed by atoms with E-state index in [4.69, 9.17) is 4.74 Å². The van der Waals surface area contributed by atoms with Gasteiger partial charge < -0.3 is 9.84 Å². The zero-order valence-corrected chi connectivity index (χ0v) is 30.0. The van der Waals surface area contributed by atoms with Gasteiger partial charge in [-0.25, -0.2) is 4.68 Å². The number of fused-ring (bicyclic) bond motifs is 7. The van der Waals surface area contributed by atoms with Gasteiger partial charge in [0.1, 0.15) is 0 Å². The molecular formula is C40H58N4O3. The highest BCUT2D eigenvalue weighted by molar-refractivity contribution is 5.79. The molecule has 0 aliphatic heterocycles. The van der Waals surface area contributed by atoms with Crippen LogP contribution in [0.1, 0.15) is 113 Å². The number of aliphatic hydroxyl groups is 1. The summed E-state index contributed by atoms with van der Waals surface area (Å²) in [5, 5.41) is 23.4. The molecule has 0 unspecified atom stereocenters. The third kappa shape index (κ3) is 4.75. The van der Waals surface area contributed by atoms with Crippen LogP contribution in [0.25, 0.3) is 11.4 Å². The third-order valence-corrected chi connectivity index (χ3v) is 15.7. The summed E-state index contributed by atoms with van der Waals surface area (Å²) in [6.07, 6.45) is 12.6. The highest BCUT2D eigenvalue weighted by atomic mass is 16.5.